The van der Waals surface area contributed by atoms with Crippen molar-refractivity contribution in [2.75, 3.05) is 22.5 Å². The van der Waals surface area contributed by atoms with Gasteiger partial charge < -0.3 is 5.11 Å². The summed E-state index contributed by atoms with van der Waals surface area (Å²) in [5.41, 5.74) is 0.266. The molecule has 0 aliphatic carbocycles. The van der Waals surface area contributed by atoms with Crippen LogP contribution in [0.15, 0.2) is 47.4 Å². The zero-order valence-electron chi connectivity index (χ0n) is 16.5. The molecule has 168 valence electrons. The molecular weight excluding hydrogens is 503 g/mol. The van der Waals surface area contributed by atoms with Gasteiger partial charge in [-0.2, -0.15) is 0 Å². The van der Waals surface area contributed by atoms with E-state index in [1.165, 1.54) is 34.6 Å². The lowest BCUT2D eigenvalue weighted by Gasteiger charge is -2.32. The number of anilines is 1. The molecule has 0 saturated carbocycles. The third-order valence-electron chi connectivity index (χ3n) is 5.01. The van der Waals surface area contributed by atoms with Gasteiger partial charge in [0.1, 0.15) is 6.04 Å². The van der Waals surface area contributed by atoms with E-state index in [-0.39, 0.29) is 15.6 Å². The minimum Gasteiger partial charge on any atom is -0.480 e. The maximum Gasteiger partial charge on any atom is 0.321 e. The van der Waals surface area contributed by atoms with Crippen molar-refractivity contribution in [3.05, 3.63) is 57.5 Å². The van der Waals surface area contributed by atoms with Crippen molar-refractivity contribution in [1.82, 2.24) is 4.90 Å². The van der Waals surface area contributed by atoms with E-state index in [0.29, 0.717) is 34.6 Å². The van der Waals surface area contributed by atoms with E-state index in [1.807, 2.05) is 4.90 Å². The molecule has 3 rings (SSSR count). The lowest BCUT2D eigenvalue weighted by atomic mass is 10.2. The van der Waals surface area contributed by atoms with E-state index in [4.69, 9.17) is 34.8 Å². The number of rotatable bonds is 8. The second-order valence-corrected chi connectivity index (χ2v) is 11.2. The molecule has 1 aliphatic heterocycles. The number of hydrogen-bond acceptors (Lipinski definition) is 5. The fourth-order valence-corrected chi connectivity index (χ4v) is 6.85. The number of nitrogens with zero attached hydrogens (tertiary/aromatic N) is 2. The Morgan fingerprint density at radius 2 is 1.84 bits per heavy atom. The van der Waals surface area contributed by atoms with Crippen LogP contribution in [0.5, 0.6) is 0 Å². The molecule has 1 fully saturated rings. The van der Waals surface area contributed by atoms with E-state index >= 15 is 0 Å². The zero-order valence-corrected chi connectivity index (χ0v) is 20.4. The fraction of sp³-hybridized carbons (Fsp3) is 0.350. The largest absolute Gasteiger partial charge is 0.480 e. The average Bonchev–Trinajstić information content (AvgIpc) is 3.18. The molecular formula is C20H21Cl3N2O4S2. The number of carboxylic acid groups (broad SMARTS) is 1. The van der Waals surface area contributed by atoms with Gasteiger partial charge >= 0.3 is 5.97 Å². The Hall–Kier alpha value is -1.16. The number of carboxylic acids is 1. The highest BCUT2D eigenvalue weighted by atomic mass is 35.5. The van der Waals surface area contributed by atoms with Crippen molar-refractivity contribution >= 4 is 68.2 Å². The zero-order chi connectivity index (χ0) is 22.8. The standard InChI is InChI=1S/C20H21Cl3N2O4S2/c1-13(8-9-24-12-30-11-19(24)20(26)27)25(18-10-15(22)4-7-17(18)23)31(28,29)16-5-2-14(21)3-6-16/h2-7,10,13,19H,8-9,11-12H2,1H3,(H,26,27). The Morgan fingerprint density at radius 1 is 1.19 bits per heavy atom. The first kappa shape index (κ1) is 24.5. The molecule has 2 aromatic rings. The average molecular weight is 524 g/mol. The molecule has 6 nitrogen and oxygen atoms in total. The lowest BCUT2D eigenvalue weighted by Crippen LogP contribution is -2.43. The SMILES string of the molecule is CC(CCN1CSCC1C(=O)O)N(c1cc(Cl)ccc1Cl)S(=O)(=O)c1ccc(Cl)cc1. The first-order chi connectivity index (χ1) is 14.6. The quantitative estimate of drug-likeness (QED) is 0.520. The van der Waals surface area contributed by atoms with Gasteiger partial charge in [-0.25, -0.2) is 8.42 Å². The van der Waals surface area contributed by atoms with Crippen molar-refractivity contribution in [2.45, 2.75) is 30.3 Å². The molecule has 31 heavy (non-hydrogen) atoms. The Bertz CT molecular complexity index is 1050. The Morgan fingerprint density at radius 3 is 2.48 bits per heavy atom. The van der Waals surface area contributed by atoms with Gasteiger partial charge in [-0.3, -0.25) is 14.0 Å². The number of benzene rings is 2. The van der Waals surface area contributed by atoms with Gasteiger partial charge in [-0.15, -0.1) is 11.8 Å². The van der Waals surface area contributed by atoms with Gasteiger partial charge in [0.05, 0.1) is 15.6 Å². The van der Waals surface area contributed by atoms with Gasteiger partial charge in [-0.05, 0) is 55.8 Å². The second kappa shape index (κ2) is 10.2. The van der Waals surface area contributed by atoms with E-state index in [1.54, 1.807) is 30.8 Å². The van der Waals surface area contributed by atoms with Crippen LogP contribution in [-0.4, -0.2) is 54.7 Å². The number of hydrogen-bond donors (Lipinski definition) is 1. The topological polar surface area (TPSA) is 77.9 Å². The van der Waals surface area contributed by atoms with Crippen molar-refractivity contribution in [3.63, 3.8) is 0 Å². The minimum atomic E-state index is -3.99. The molecule has 0 amide bonds. The molecule has 2 atom stereocenters. The summed E-state index contributed by atoms with van der Waals surface area (Å²) in [6.45, 7) is 2.19. The normalized spacial score (nSPS) is 18.1. The summed E-state index contributed by atoms with van der Waals surface area (Å²) in [7, 11) is -3.99. The van der Waals surface area contributed by atoms with Crippen LogP contribution in [0.2, 0.25) is 15.1 Å². The summed E-state index contributed by atoms with van der Waals surface area (Å²) in [5.74, 6) is 0.225. The fourth-order valence-electron chi connectivity index (χ4n) is 3.37. The summed E-state index contributed by atoms with van der Waals surface area (Å²) in [5, 5.41) is 10.4. The Kier molecular flexibility index (Phi) is 8.05. The van der Waals surface area contributed by atoms with Crippen molar-refractivity contribution in [2.24, 2.45) is 0 Å². The summed E-state index contributed by atoms with van der Waals surface area (Å²) in [4.78, 5) is 13.4. The first-order valence-corrected chi connectivity index (χ1v) is 13.1. The van der Waals surface area contributed by atoms with Crippen LogP contribution in [0.25, 0.3) is 0 Å². The number of sulfonamides is 1. The predicted octanol–water partition coefficient (Wildman–Crippen LogP) is 5.08. The molecule has 1 heterocycles. The van der Waals surface area contributed by atoms with Crippen molar-refractivity contribution in [3.8, 4) is 0 Å². The second-order valence-electron chi connectivity index (χ2n) is 7.15. The highest BCUT2D eigenvalue weighted by molar-refractivity contribution is 7.99. The highest BCUT2D eigenvalue weighted by Crippen LogP contribution is 2.35. The number of aliphatic carboxylic acids is 1. The van der Waals surface area contributed by atoms with E-state index < -0.39 is 28.1 Å². The van der Waals surface area contributed by atoms with Crippen molar-refractivity contribution < 1.29 is 18.3 Å². The smallest absolute Gasteiger partial charge is 0.321 e. The molecule has 1 N–H and O–H groups in total. The van der Waals surface area contributed by atoms with Gasteiger partial charge in [0.2, 0.25) is 0 Å². The third kappa shape index (κ3) is 5.61. The van der Waals surface area contributed by atoms with E-state index in [2.05, 4.69) is 0 Å². The predicted molar refractivity (Wildman–Crippen MR) is 127 cm³/mol. The molecule has 0 spiro atoms. The van der Waals surface area contributed by atoms with Crippen LogP contribution in [-0.2, 0) is 14.8 Å². The molecule has 11 heteroatoms. The summed E-state index contributed by atoms with van der Waals surface area (Å²) < 4.78 is 28.4. The first-order valence-electron chi connectivity index (χ1n) is 9.41. The molecule has 2 aromatic carbocycles. The summed E-state index contributed by atoms with van der Waals surface area (Å²) in [6.07, 6.45) is 0.403. The molecule has 1 saturated heterocycles. The molecule has 0 radical (unpaired) electrons. The van der Waals surface area contributed by atoms with Crippen LogP contribution < -0.4 is 4.31 Å². The van der Waals surface area contributed by atoms with Gasteiger partial charge in [0, 0.05) is 34.3 Å². The Balaban J connectivity index is 1.95. The maximum atomic E-state index is 13.6. The van der Waals surface area contributed by atoms with E-state index in [9.17, 15) is 18.3 Å². The maximum absolute atomic E-state index is 13.6. The van der Waals surface area contributed by atoms with Gasteiger partial charge in [0.15, 0.2) is 0 Å². The van der Waals surface area contributed by atoms with Gasteiger partial charge in [0.25, 0.3) is 10.0 Å². The van der Waals surface area contributed by atoms with Crippen LogP contribution in [0.1, 0.15) is 13.3 Å². The highest BCUT2D eigenvalue weighted by Gasteiger charge is 2.34. The third-order valence-corrected chi connectivity index (χ3v) is 8.82. The number of thioether (sulfide) groups is 1. The number of halogens is 3. The number of carbonyl (C=O) groups is 1. The van der Waals surface area contributed by atoms with Crippen LogP contribution >= 0.6 is 46.6 Å². The Labute approximate surface area is 201 Å². The van der Waals surface area contributed by atoms with E-state index in [0.717, 1.165) is 0 Å². The monoisotopic (exact) mass is 522 g/mol. The van der Waals surface area contributed by atoms with Crippen molar-refractivity contribution in [1.29, 1.82) is 0 Å². The minimum absolute atomic E-state index is 0.0694. The van der Waals surface area contributed by atoms with Gasteiger partial charge in [-0.1, -0.05) is 34.8 Å². The van der Waals surface area contributed by atoms with Crippen LogP contribution in [0.4, 0.5) is 5.69 Å². The summed E-state index contributed by atoms with van der Waals surface area (Å²) in [6, 6.07) is 9.45. The lowest BCUT2D eigenvalue weighted by molar-refractivity contribution is -0.141. The molecule has 2 unspecified atom stereocenters. The van der Waals surface area contributed by atoms with Crippen LogP contribution in [0, 0.1) is 0 Å². The molecule has 0 aromatic heterocycles. The summed E-state index contributed by atoms with van der Waals surface area (Å²) >= 11 is 20.0. The van der Waals surface area contributed by atoms with Crippen LogP contribution in [0.3, 0.4) is 0 Å². The molecule has 1 aliphatic rings. The molecule has 0 bridgehead atoms.